The number of ether oxygens (including phenoxy) is 1. The molecule has 118 valence electrons. The Bertz CT molecular complexity index is 566. The van der Waals surface area contributed by atoms with Gasteiger partial charge in [-0.25, -0.2) is 0 Å². The van der Waals surface area contributed by atoms with Crippen molar-refractivity contribution >= 4 is 11.3 Å². The minimum atomic E-state index is 0.423. The van der Waals surface area contributed by atoms with Gasteiger partial charge in [0.05, 0.1) is 24.9 Å². The van der Waals surface area contributed by atoms with Crippen LogP contribution in [0.25, 0.3) is 0 Å². The molecule has 0 radical (unpaired) electrons. The van der Waals surface area contributed by atoms with Crippen molar-refractivity contribution in [2.24, 2.45) is 0 Å². The fraction of sp³-hybridized carbons (Fsp3) is 0.471. The summed E-state index contributed by atoms with van der Waals surface area (Å²) in [6, 6.07) is 11.0. The minimum absolute atomic E-state index is 0.423. The second-order valence-corrected chi connectivity index (χ2v) is 6.88. The molecule has 1 saturated heterocycles. The number of pyridine rings is 1. The highest BCUT2D eigenvalue weighted by molar-refractivity contribution is 7.12. The SMILES string of the molecule is Cc1ccc(C(CNCc2ccccn2)N2CCOCC2)s1. The first-order valence-corrected chi connectivity index (χ1v) is 8.63. The summed E-state index contributed by atoms with van der Waals surface area (Å²) in [5, 5.41) is 3.57. The van der Waals surface area contributed by atoms with Crippen LogP contribution >= 0.6 is 11.3 Å². The normalized spacial score (nSPS) is 17.5. The van der Waals surface area contributed by atoms with E-state index in [9.17, 15) is 0 Å². The lowest BCUT2D eigenvalue weighted by atomic mass is 10.2. The molecule has 4 nitrogen and oxygen atoms in total. The van der Waals surface area contributed by atoms with Crippen LogP contribution in [0.4, 0.5) is 0 Å². The monoisotopic (exact) mass is 317 g/mol. The molecule has 22 heavy (non-hydrogen) atoms. The lowest BCUT2D eigenvalue weighted by molar-refractivity contribution is 0.0168. The van der Waals surface area contributed by atoms with E-state index in [0.29, 0.717) is 6.04 Å². The van der Waals surface area contributed by atoms with Crippen LogP contribution in [0.1, 0.15) is 21.5 Å². The maximum Gasteiger partial charge on any atom is 0.0594 e. The van der Waals surface area contributed by atoms with Gasteiger partial charge in [0.2, 0.25) is 0 Å². The van der Waals surface area contributed by atoms with Gasteiger partial charge in [-0.1, -0.05) is 6.07 Å². The second-order valence-electron chi connectivity index (χ2n) is 5.56. The summed E-state index contributed by atoms with van der Waals surface area (Å²) in [6.45, 7) is 7.61. The molecule has 1 atom stereocenters. The molecule has 0 saturated carbocycles. The van der Waals surface area contributed by atoms with Gasteiger partial charge in [0, 0.05) is 42.1 Å². The molecule has 5 heteroatoms. The smallest absolute Gasteiger partial charge is 0.0594 e. The lowest BCUT2D eigenvalue weighted by Gasteiger charge is -2.34. The van der Waals surface area contributed by atoms with E-state index in [1.54, 1.807) is 0 Å². The first-order valence-electron chi connectivity index (χ1n) is 7.82. The van der Waals surface area contributed by atoms with Gasteiger partial charge in [-0.05, 0) is 31.2 Å². The summed E-state index contributed by atoms with van der Waals surface area (Å²) in [5.74, 6) is 0. The van der Waals surface area contributed by atoms with E-state index in [-0.39, 0.29) is 0 Å². The summed E-state index contributed by atoms with van der Waals surface area (Å²) in [7, 11) is 0. The van der Waals surface area contributed by atoms with E-state index >= 15 is 0 Å². The third-order valence-corrected chi connectivity index (χ3v) is 5.05. The standard InChI is InChI=1S/C17H23N3OS/c1-14-5-6-17(22-14)16(20-8-10-21-11-9-20)13-18-12-15-4-2-3-7-19-15/h2-7,16,18H,8-13H2,1H3. The molecule has 0 bridgehead atoms. The molecule has 0 spiro atoms. The van der Waals surface area contributed by atoms with Gasteiger partial charge in [0.15, 0.2) is 0 Å². The van der Waals surface area contributed by atoms with Crippen LogP contribution in [0, 0.1) is 6.92 Å². The number of aryl methyl sites for hydroxylation is 1. The van der Waals surface area contributed by atoms with Gasteiger partial charge in [-0.15, -0.1) is 11.3 Å². The fourth-order valence-electron chi connectivity index (χ4n) is 2.77. The second kappa shape index (κ2) is 7.83. The average Bonchev–Trinajstić information content (AvgIpc) is 2.99. The summed E-state index contributed by atoms with van der Waals surface area (Å²) in [5.41, 5.74) is 1.09. The quantitative estimate of drug-likeness (QED) is 0.889. The Kier molecular flexibility index (Phi) is 5.56. The Labute approximate surface area is 136 Å². The van der Waals surface area contributed by atoms with Crippen molar-refractivity contribution in [3.8, 4) is 0 Å². The van der Waals surface area contributed by atoms with E-state index in [1.165, 1.54) is 9.75 Å². The molecule has 2 aromatic rings. The van der Waals surface area contributed by atoms with Gasteiger partial charge in [-0.3, -0.25) is 9.88 Å². The molecule has 1 aliphatic heterocycles. The van der Waals surface area contributed by atoms with Crippen LogP contribution in [-0.4, -0.2) is 42.7 Å². The molecule has 3 rings (SSSR count). The summed E-state index contributed by atoms with van der Waals surface area (Å²) >= 11 is 1.90. The maximum absolute atomic E-state index is 5.50. The van der Waals surface area contributed by atoms with E-state index in [0.717, 1.165) is 45.1 Å². The summed E-state index contributed by atoms with van der Waals surface area (Å²) in [6.07, 6.45) is 1.85. The molecule has 0 amide bonds. The van der Waals surface area contributed by atoms with Gasteiger partial charge in [-0.2, -0.15) is 0 Å². The predicted octanol–water partition coefficient (Wildman–Crippen LogP) is 2.61. The Morgan fingerprint density at radius 1 is 1.27 bits per heavy atom. The molecule has 1 fully saturated rings. The Balaban J connectivity index is 1.63. The van der Waals surface area contributed by atoms with Crippen LogP contribution in [0.15, 0.2) is 36.5 Å². The number of aromatic nitrogens is 1. The molecule has 3 heterocycles. The zero-order chi connectivity index (χ0) is 15.2. The summed E-state index contributed by atoms with van der Waals surface area (Å²) < 4.78 is 5.50. The Morgan fingerprint density at radius 3 is 2.82 bits per heavy atom. The van der Waals surface area contributed by atoms with Crippen molar-refractivity contribution in [3.05, 3.63) is 52.0 Å². The van der Waals surface area contributed by atoms with Crippen molar-refractivity contribution < 1.29 is 4.74 Å². The van der Waals surface area contributed by atoms with Crippen LogP contribution < -0.4 is 5.32 Å². The number of hydrogen-bond acceptors (Lipinski definition) is 5. The van der Waals surface area contributed by atoms with Crippen molar-refractivity contribution in [2.75, 3.05) is 32.8 Å². The number of nitrogens with zero attached hydrogens (tertiary/aromatic N) is 2. The van der Waals surface area contributed by atoms with Gasteiger partial charge in [0.1, 0.15) is 0 Å². The largest absolute Gasteiger partial charge is 0.379 e. The Morgan fingerprint density at radius 2 is 2.14 bits per heavy atom. The molecule has 0 aliphatic carbocycles. The van der Waals surface area contributed by atoms with E-state index in [2.05, 4.69) is 40.3 Å². The molecule has 0 aromatic carbocycles. The number of thiophene rings is 1. The number of nitrogens with one attached hydrogen (secondary N) is 1. The maximum atomic E-state index is 5.50. The molecule has 1 unspecified atom stereocenters. The molecular weight excluding hydrogens is 294 g/mol. The lowest BCUT2D eigenvalue weighted by Crippen LogP contribution is -2.42. The Hall–Kier alpha value is -1.27. The number of hydrogen-bond donors (Lipinski definition) is 1. The van der Waals surface area contributed by atoms with Gasteiger partial charge >= 0.3 is 0 Å². The van der Waals surface area contributed by atoms with Gasteiger partial charge < -0.3 is 10.1 Å². The van der Waals surface area contributed by atoms with Crippen LogP contribution in [0.5, 0.6) is 0 Å². The zero-order valence-electron chi connectivity index (χ0n) is 13.0. The first kappa shape index (κ1) is 15.6. The van der Waals surface area contributed by atoms with Gasteiger partial charge in [0.25, 0.3) is 0 Å². The topological polar surface area (TPSA) is 37.4 Å². The third kappa shape index (κ3) is 4.14. The highest BCUT2D eigenvalue weighted by Gasteiger charge is 2.23. The predicted molar refractivity (Wildman–Crippen MR) is 90.1 cm³/mol. The molecule has 1 aliphatic rings. The third-order valence-electron chi connectivity index (χ3n) is 3.95. The van der Waals surface area contributed by atoms with Crippen molar-refractivity contribution in [1.29, 1.82) is 0 Å². The van der Waals surface area contributed by atoms with Crippen molar-refractivity contribution in [2.45, 2.75) is 19.5 Å². The van der Waals surface area contributed by atoms with E-state index in [1.807, 2.05) is 29.7 Å². The van der Waals surface area contributed by atoms with E-state index in [4.69, 9.17) is 4.74 Å². The highest BCUT2D eigenvalue weighted by atomic mass is 32.1. The fourth-order valence-corrected chi connectivity index (χ4v) is 3.78. The molecular formula is C17H23N3OS. The van der Waals surface area contributed by atoms with Crippen molar-refractivity contribution in [1.82, 2.24) is 15.2 Å². The summed E-state index contributed by atoms with van der Waals surface area (Å²) in [4.78, 5) is 9.71. The van der Waals surface area contributed by atoms with Crippen LogP contribution in [-0.2, 0) is 11.3 Å². The molecule has 1 N–H and O–H groups in total. The minimum Gasteiger partial charge on any atom is -0.379 e. The zero-order valence-corrected chi connectivity index (χ0v) is 13.8. The number of morpholine rings is 1. The molecule has 2 aromatic heterocycles. The number of rotatable bonds is 6. The van der Waals surface area contributed by atoms with Crippen LogP contribution in [0.2, 0.25) is 0 Å². The average molecular weight is 317 g/mol. The van der Waals surface area contributed by atoms with Crippen LogP contribution in [0.3, 0.4) is 0 Å². The van der Waals surface area contributed by atoms with E-state index < -0.39 is 0 Å². The van der Waals surface area contributed by atoms with Crippen molar-refractivity contribution in [3.63, 3.8) is 0 Å². The highest BCUT2D eigenvalue weighted by Crippen LogP contribution is 2.27. The first-order chi connectivity index (χ1) is 10.8.